The van der Waals surface area contributed by atoms with Gasteiger partial charge in [0.1, 0.15) is 12.1 Å². The first-order chi connectivity index (χ1) is 10.6. The molecule has 0 aliphatic carbocycles. The Labute approximate surface area is 128 Å². The lowest BCUT2D eigenvalue weighted by Gasteiger charge is -2.00. The topological polar surface area (TPSA) is 73.8 Å². The molecule has 0 N–H and O–H groups in total. The molecule has 0 bridgehead atoms. The van der Waals surface area contributed by atoms with Crippen molar-refractivity contribution in [1.82, 2.24) is 14.8 Å². The Hall–Kier alpha value is -2.74. The van der Waals surface area contributed by atoms with E-state index >= 15 is 0 Å². The van der Waals surface area contributed by atoms with Crippen molar-refractivity contribution in [2.75, 3.05) is 0 Å². The summed E-state index contributed by atoms with van der Waals surface area (Å²) in [6, 6.07) is 12.8. The third-order valence-corrected chi connectivity index (χ3v) is 3.75. The predicted molar refractivity (Wildman–Crippen MR) is 78.5 cm³/mol. The van der Waals surface area contributed by atoms with Gasteiger partial charge in [-0.1, -0.05) is 18.2 Å². The van der Waals surface area contributed by atoms with Gasteiger partial charge in [0.05, 0.1) is 21.6 Å². The fraction of sp³-hybridized carbons (Fsp3) is 0. The zero-order valence-corrected chi connectivity index (χ0v) is 11.9. The van der Waals surface area contributed by atoms with Gasteiger partial charge in [0.15, 0.2) is 0 Å². The zero-order chi connectivity index (χ0) is 15.5. The Morgan fingerprint density at radius 1 is 1.18 bits per heavy atom. The maximum absolute atomic E-state index is 13.1. The monoisotopic (exact) mass is 316 g/mol. The summed E-state index contributed by atoms with van der Waals surface area (Å²) in [6.45, 7) is 0. The van der Waals surface area contributed by atoms with Crippen LogP contribution in [0.3, 0.4) is 0 Å². The number of nitro groups is 1. The molecular formula is C14H9FN4O2S. The minimum atomic E-state index is -0.654. The number of hydrogen-bond donors (Lipinski definition) is 0. The third-order valence-electron chi connectivity index (χ3n) is 2.81. The summed E-state index contributed by atoms with van der Waals surface area (Å²) in [5, 5.41) is 15.6. The highest BCUT2D eigenvalue weighted by molar-refractivity contribution is 7.99. The van der Waals surface area contributed by atoms with E-state index < -0.39 is 10.7 Å². The van der Waals surface area contributed by atoms with Gasteiger partial charge < -0.3 is 0 Å². The molecule has 0 saturated heterocycles. The van der Waals surface area contributed by atoms with Gasteiger partial charge in [-0.25, -0.2) is 14.1 Å². The average Bonchev–Trinajstić information content (AvgIpc) is 2.98. The van der Waals surface area contributed by atoms with E-state index in [0.29, 0.717) is 5.16 Å². The highest BCUT2D eigenvalue weighted by Crippen LogP contribution is 2.33. The first-order valence-electron chi connectivity index (χ1n) is 6.22. The molecule has 0 radical (unpaired) electrons. The standard InChI is InChI=1S/C14H9FN4O2S/c15-10-6-7-13(12(8-10)19(20)21)22-14-16-9-18(17-14)11-4-2-1-3-5-11/h1-9H. The maximum Gasteiger partial charge on any atom is 0.286 e. The van der Waals surface area contributed by atoms with E-state index in [-0.39, 0.29) is 10.6 Å². The lowest BCUT2D eigenvalue weighted by Crippen LogP contribution is -1.94. The van der Waals surface area contributed by atoms with Crippen LogP contribution in [0.4, 0.5) is 10.1 Å². The van der Waals surface area contributed by atoms with Crippen molar-refractivity contribution >= 4 is 17.4 Å². The number of hydrogen-bond acceptors (Lipinski definition) is 5. The molecule has 0 atom stereocenters. The summed E-state index contributed by atoms with van der Waals surface area (Å²) in [4.78, 5) is 14.7. The SMILES string of the molecule is O=[N+]([O-])c1cc(F)ccc1Sc1ncn(-c2ccccc2)n1. The number of halogens is 1. The number of benzene rings is 2. The van der Waals surface area contributed by atoms with Crippen molar-refractivity contribution in [3.8, 4) is 5.69 Å². The molecule has 8 heteroatoms. The van der Waals surface area contributed by atoms with Gasteiger partial charge in [-0.05, 0) is 36.0 Å². The van der Waals surface area contributed by atoms with Crippen LogP contribution in [-0.2, 0) is 0 Å². The van der Waals surface area contributed by atoms with Crippen LogP contribution >= 0.6 is 11.8 Å². The van der Waals surface area contributed by atoms with Crippen LogP contribution in [0.1, 0.15) is 0 Å². The van der Waals surface area contributed by atoms with E-state index in [1.54, 1.807) is 4.68 Å². The fourth-order valence-corrected chi connectivity index (χ4v) is 2.62. The normalized spacial score (nSPS) is 10.6. The first kappa shape index (κ1) is 14.2. The molecule has 0 saturated carbocycles. The van der Waals surface area contributed by atoms with Gasteiger partial charge in [-0.2, -0.15) is 0 Å². The van der Waals surface area contributed by atoms with Gasteiger partial charge in [0, 0.05) is 0 Å². The molecule has 0 aliphatic heterocycles. The summed E-state index contributed by atoms with van der Waals surface area (Å²) in [6.07, 6.45) is 1.52. The Morgan fingerprint density at radius 2 is 1.95 bits per heavy atom. The van der Waals surface area contributed by atoms with Crippen molar-refractivity contribution < 1.29 is 9.31 Å². The molecular weight excluding hydrogens is 307 g/mol. The molecule has 0 aliphatic rings. The molecule has 0 fully saturated rings. The van der Waals surface area contributed by atoms with E-state index in [0.717, 1.165) is 23.5 Å². The minimum absolute atomic E-state index is 0.289. The summed E-state index contributed by atoms with van der Waals surface area (Å²) in [5.74, 6) is -0.654. The molecule has 1 heterocycles. The van der Waals surface area contributed by atoms with Crippen LogP contribution < -0.4 is 0 Å². The predicted octanol–water partition coefficient (Wildman–Crippen LogP) is 3.47. The summed E-state index contributed by atoms with van der Waals surface area (Å²) in [7, 11) is 0. The average molecular weight is 316 g/mol. The van der Waals surface area contributed by atoms with Gasteiger partial charge in [0.25, 0.3) is 5.69 Å². The van der Waals surface area contributed by atoms with Crippen LogP contribution in [0.15, 0.2) is 64.9 Å². The number of nitrogens with zero attached hydrogens (tertiary/aromatic N) is 4. The molecule has 0 spiro atoms. The van der Waals surface area contributed by atoms with Crippen molar-refractivity contribution in [3.63, 3.8) is 0 Å². The molecule has 1 aromatic heterocycles. The lowest BCUT2D eigenvalue weighted by molar-refractivity contribution is -0.387. The van der Waals surface area contributed by atoms with E-state index in [1.165, 1.54) is 18.5 Å². The summed E-state index contributed by atoms with van der Waals surface area (Å²) in [5.41, 5.74) is 0.525. The first-order valence-corrected chi connectivity index (χ1v) is 7.04. The Morgan fingerprint density at radius 3 is 2.68 bits per heavy atom. The van der Waals surface area contributed by atoms with Gasteiger partial charge in [-0.3, -0.25) is 10.1 Å². The number of aromatic nitrogens is 3. The summed E-state index contributed by atoms with van der Waals surface area (Å²) < 4.78 is 14.7. The van der Waals surface area contributed by atoms with Crippen molar-refractivity contribution in [2.45, 2.75) is 10.1 Å². The van der Waals surface area contributed by atoms with Gasteiger partial charge in [0.2, 0.25) is 5.16 Å². The molecule has 3 aromatic rings. The maximum atomic E-state index is 13.1. The van der Waals surface area contributed by atoms with Gasteiger partial charge >= 0.3 is 0 Å². The van der Waals surface area contributed by atoms with E-state index in [1.807, 2.05) is 30.3 Å². The van der Waals surface area contributed by atoms with Crippen LogP contribution in [0.2, 0.25) is 0 Å². The van der Waals surface area contributed by atoms with E-state index in [4.69, 9.17) is 0 Å². The lowest BCUT2D eigenvalue weighted by atomic mass is 10.3. The Balaban J connectivity index is 1.89. The second kappa shape index (κ2) is 5.94. The zero-order valence-electron chi connectivity index (χ0n) is 11.1. The molecule has 6 nitrogen and oxygen atoms in total. The van der Waals surface area contributed by atoms with Gasteiger partial charge in [-0.15, -0.1) is 5.10 Å². The van der Waals surface area contributed by atoms with E-state index in [2.05, 4.69) is 10.1 Å². The van der Waals surface area contributed by atoms with Crippen LogP contribution in [0.25, 0.3) is 5.69 Å². The molecule has 2 aromatic carbocycles. The van der Waals surface area contributed by atoms with E-state index in [9.17, 15) is 14.5 Å². The third kappa shape index (κ3) is 2.96. The highest BCUT2D eigenvalue weighted by atomic mass is 32.2. The minimum Gasteiger partial charge on any atom is -0.258 e. The fourth-order valence-electron chi connectivity index (χ4n) is 1.82. The second-order valence-electron chi connectivity index (χ2n) is 4.28. The summed E-state index contributed by atoms with van der Waals surface area (Å²) >= 11 is 1.02. The molecule has 0 unspecified atom stereocenters. The molecule has 110 valence electrons. The molecule has 3 rings (SSSR count). The van der Waals surface area contributed by atoms with Crippen LogP contribution in [0, 0.1) is 15.9 Å². The number of rotatable bonds is 4. The smallest absolute Gasteiger partial charge is 0.258 e. The largest absolute Gasteiger partial charge is 0.286 e. The molecule has 22 heavy (non-hydrogen) atoms. The number of nitro benzene ring substituents is 1. The van der Waals surface area contributed by atoms with Crippen molar-refractivity contribution in [3.05, 3.63) is 70.8 Å². The Bertz CT molecular complexity index is 823. The number of para-hydroxylation sites is 1. The highest BCUT2D eigenvalue weighted by Gasteiger charge is 2.17. The quantitative estimate of drug-likeness (QED) is 0.544. The van der Waals surface area contributed by atoms with Crippen molar-refractivity contribution in [1.29, 1.82) is 0 Å². The van der Waals surface area contributed by atoms with Crippen molar-refractivity contribution in [2.24, 2.45) is 0 Å². The molecule has 0 amide bonds. The van der Waals surface area contributed by atoms with Crippen LogP contribution in [-0.4, -0.2) is 19.7 Å². The van der Waals surface area contributed by atoms with Crippen LogP contribution in [0.5, 0.6) is 0 Å². The Kier molecular flexibility index (Phi) is 3.84. The second-order valence-corrected chi connectivity index (χ2v) is 5.29.